The molecule has 0 bridgehead atoms. The van der Waals surface area contributed by atoms with E-state index in [-0.39, 0.29) is 31.1 Å². The second-order valence-electron chi connectivity index (χ2n) is 22.0. The van der Waals surface area contributed by atoms with Crippen LogP contribution in [0.1, 0.15) is 335 Å². The van der Waals surface area contributed by atoms with E-state index in [0.717, 1.165) is 103 Å². The summed E-state index contributed by atoms with van der Waals surface area (Å²) >= 11 is 0. The third-order valence-electron chi connectivity index (χ3n) is 14.5. The zero-order chi connectivity index (χ0) is 55.0. The van der Waals surface area contributed by atoms with Crippen molar-refractivity contribution in [3.05, 3.63) is 72.9 Å². The summed E-state index contributed by atoms with van der Waals surface area (Å²) in [4.78, 5) is 38.2. The highest BCUT2D eigenvalue weighted by molar-refractivity contribution is 5.71. The lowest BCUT2D eigenvalue weighted by atomic mass is 10.0. The molecule has 0 aromatic carbocycles. The summed E-state index contributed by atoms with van der Waals surface area (Å²) < 4.78 is 16.9. The molecule has 0 aromatic rings. The smallest absolute Gasteiger partial charge is 0.306 e. The molecule has 0 spiro atoms. The number of hydrogen-bond donors (Lipinski definition) is 0. The third kappa shape index (κ3) is 61.7. The zero-order valence-electron chi connectivity index (χ0n) is 50.5. The predicted molar refractivity (Wildman–Crippen MR) is 330 cm³/mol. The SMILES string of the molecule is CC/C=C\C/C=C\C/C=C\C/C=C\C/C=C\C/C=C\CCCCCCCCCCC(=O)OCC(COC(=O)CCCCCCCCCCC)OC(=O)CCCCCCCCCCCCCCCCCCCCCCCC. The largest absolute Gasteiger partial charge is 0.462 e. The third-order valence-corrected chi connectivity index (χ3v) is 14.5. The molecule has 0 saturated carbocycles. The van der Waals surface area contributed by atoms with Crippen molar-refractivity contribution in [1.82, 2.24) is 0 Å². The molecule has 0 N–H and O–H groups in total. The average molecular weight is 1060 g/mol. The van der Waals surface area contributed by atoms with Crippen LogP contribution in [0.2, 0.25) is 0 Å². The van der Waals surface area contributed by atoms with Gasteiger partial charge >= 0.3 is 17.9 Å². The fraction of sp³-hybridized carbons (Fsp3) is 0.786. The van der Waals surface area contributed by atoms with E-state index in [0.29, 0.717) is 19.3 Å². The van der Waals surface area contributed by atoms with E-state index in [1.54, 1.807) is 0 Å². The molecule has 0 rings (SSSR count). The quantitative estimate of drug-likeness (QED) is 0.0261. The van der Waals surface area contributed by atoms with Crippen molar-refractivity contribution in [2.75, 3.05) is 13.2 Å². The van der Waals surface area contributed by atoms with Gasteiger partial charge in [0.15, 0.2) is 6.10 Å². The Balaban J connectivity index is 4.20. The van der Waals surface area contributed by atoms with Crippen LogP contribution >= 0.6 is 0 Å². The molecule has 76 heavy (non-hydrogen) atoms. The summed E-state index contributed by atoms with van der Waals surface area (Å²) in [7, 11) is 0. The number of carbonyl (C=O) groups is 3. The first-order chi connectivity index (χ1) is 37.5. The Labute approximate surface area is 472 Å². The van der Waals surface area contributed by atoms with Crippen LogP contribution in [0.4, 0.5) is 0 Å². The van der Waals surface area contributed by atoms with Gasteiger partial charge in [0.05, 0.1) is 0 Å². The van der Waals surface area contributed by atoms with Gasteiger partial charge in [-0.1, -0.05) is 318 Å². The molecule has 440 valence electrons. The maximum atomic E-state index is 12.9. The monoisotopic (exact) mass is 1060 g/mol. The predicted octanol–water partition coefficient (Wildman–Crippen LogP) is 22.5. The topological polar surface area (TPSA) is 78.9 Å². The first kappa shape index (κ1) is 72.8. The summed E-state index contributed by atoms with van der Waals surface area (Å²) in [5, 5.41) is 0. The van der Waals surface area contributed by atoms with Crippen LogP contribution in [0.5, 0.6) is 0 Å². The fourth-order valence-corrected chi connectivity index (χ4v) is 9.57. The van der Waals surface area contributed by atoms with Crippen LogP contribution in [0.25, 0.3) is 0 Å². The standard InChI is InChI=1S/C70H124O6/c1-4-7-10-13-16-19-21-23-25-27-29-31-33-34-35-36-37-39-40-42-44-46-48-51-54-57-60-63-69(72)75-66-67(65-74-68(71)62-59-56-53-50-18-15-12-9-6-3)76-70(73)64-61-58-55-52-49-47-45-43-41-38-32-30-28-26-24-22-20-17-14-11-8-5-2/h7,10,16,19,23,25,29,31,34-35,37,39,67H,4-6,8-9,11-15,17-18,20-22,24,26-28,30,32-33,36,38,40-66H2,1-3H3/b10-7-,19-16-,25-23-,31-29-,35-34-,39-37-. The lowest BCUT2D eigenvalue weighted by Gasteiger charge is -2.18. The fourth-order valence-electron chi connectivity index (χ4n) is 9.57. The lowest BCUT2D eigenvalue weighted by molar-refractivity contribution is -0.167. The molecule has 1 atom stereocenters. The summed E-state index contributed by atoms with van der Waals surface area (Å²) in [5.74, 6) is -0.867. The van der Waals surface area contributed by atoms with E-state index < -0.39 is 6.10 Å². The van der Waals surface area contributed by atoms with E-state index in [1.165, 1.54) is 193 Å². The maximum absolute atomic E-state index is 12.9. The van der Waals surface area contributed by atoms with Crippen LogP contribution in [0.3, 0.4) is 0 Å². The van der Waals surface area contributed by atoms with Crippen LogP contribution < -0.4 is 0 Å². The Kier molecular flexibility index (Phi) is 61.7. The number of esters is 3. The highest BCUT2D eigenvalue weighted by Crippen LogP contribution is 2.17. The minimum absolute atomic E-state index is 0.0734. The normalized spacial score (nSPS) is 12.5. The van der Waals surface area contributed by atoms with E-state index in [2.05, 4.69) is 93.7 Å². The molecule has 0 aliphatic carbocycles. The molecule has 1 unspecified atom stereocenters. The van der Waals surface area contributed by atoms with Gasteiger partial charge in [-0.3, -0.25) is 14.4 Å². The van der Waals surface area contributed by atoms with Crippen LogP contribution in [0, 0.1) is 0 Å². The highest BCUT2D eigenvalue weighted by atomic mass is 16.6. The summed E-state index contributed by atoms with van der Waals surface area (Å²) in [6.07, 6.45) is 83.5. The van der Waals surface area contributed by atoms with Gasteiger partial charge < -0.3 is 14.2 Å². The molecule has 0 saturated heterocycles. The molecule has 0 aliphatic rings. The van der Waals surface area contributed by atoms with E-state index in [9.17, 15) is 14.4 Å². The maximum Gasteiger partial charge on any atom is 0.306 e. The second kappa shape index (κ2) is 64.4. The zero-order valence-corrected chi connectivity index (χ0v) is 50.5. The van der Waals surface area contributed by atoms with Crippen LogP contribution in [-0.2, 0) is 28.6 Å². The molecule has 6 nitrogen and oxygen atoms in total. The summed E-state index contributed by atoms with van der Waals surface area (Å²) in [5.41, 5.74) is 0. The number of carbonyl (C=O) groups excluding carboxylic acids is 3. The van der Waals surface area contributed by atoms with E-state index in [1.807, 2.05) is 0 Å². The summed E-state index contributed by atoms with van der Waals surface area (Å²) in [6.45, 7) is 6.55. The van der Waals surface area contributed by atoms with Gasteiger partial charge in [0.2, 0.25) is 0 Å². The minimum atomic E-state index is -0.775. The number of rotatable bonds is 60. The van der Waals surface area contributed by atoms with Gasteiger partial charge in [-0.15, -0.1) is 0 Å². The van der Waals surface area contributed by atoms with Crippen molar-refractivity contribution >= 4 is 17.9 Å². The molecule has 0 radical (unpaired) electrons. The molecule has 0 aromatic heterocycles. The lowest BCUT2D eigenvalue weighted by Crippen LogP contribution is -2.30. The van der Waals surface area contributed by atoms with E-state index in [4.69, 9.17) is 14.2 Å². The van der Waals surface area contributed by atoms with Gasteiger partial charge in [0.1, 0.15) is 13.2 Å². The van der Waals surface area contributed by atoms with Crippen molar-refractivity contribution < 1.29 is 28.6 Å². The highest BCUT2D eigenvalue weighted by Gasteiger charge is 2.19. The minimum Gasteiger partial charge on any atom is -0.462 e. The van der Waals surface area contributed by atoms with Crippen molar-refractivity contribution in [1.29, 1.82) is 0 Å². The van der Waals surface area contributed by atoms with Gasteiger partial charge in [-0.25, -0.2) is 0 Å². The molecule has 6 heteroatoms. The van der Waals surface area contributed by atoms with Crippen molar-refractivity contribution in [2.45, 2.75) is 341 Å². The molecular formula is C70H124O6. The Hall–Kier alpha value is -3.15. The Bertz CT molecular complexity index is 1400. The molecule has 0 aliphatic heterocycles. The Morgan fingerprint density at radius 3 is 0.803 bits per heavy atom. The van der Waals surface area contributed by atoms with Crippen LogP contribution in [-0.4, -0.2) is 37.2 Å². The van der Waals surface area contributed by atoms with Crippen molar-refractivity contribution in [3.8, 4) is 0 Å². The molecule has 0 amide bonds. The van der Waals surface area contributed by atoms with Crippen molar-refractivity contribution in [2.24, 2.45) is 0 Å². The Morgan fingerprint density at radius 1 is 0.276 bits per heavy atom. The van der Waals surface area contributed by atoms with Gasteiger partial charge in [0, 0.05) is 19.3 Å². The first-order valence-electron chi connectivity index (χ1n) is 32.9. The number of allylic oxidation sites excluding steroid dienone is 12. The van der Waals surface area contributed by atoms with E-state index >= 15 is 0 Å². The second-order valence-corrected chi connectivity index (χ2v) is 22.0. The first-order valence-corrected chi connectivity index (χ1v) is 32.9. The summed E-state index contributed by atoms with van der Waals surface area (Å²) in [6, 6.07) is 0. The molecule has 0 heterocycles. The van der Waals surface area contributed by atoms with Gasteiger partial charge in [0.25, 0.3) is 0 Å². The molecular weight excluding hydrogens is 937 g/mol. The molecule has 0 fully saturated rings. The van der Waals surface area contributed by atoms with Crippen molar-refractivity contribution in [3.63, 3.8) is 0 Å². The van der Waals surface area contributed by atoms with Gasteiger partial charge in [-0.2, -0.15) is 0 Å². The average Bonchev–Trinajstić information content (AvgIpc) is 3.42. The number of ether oxygens (including phenoxy) is 3. The Morgan fingerprint density at radius 2 is 0.513 bits per heavy atom. The number of hydrogen-bond acceptors (Lipinski definition) is 6. The number of unbranched alkanes of at least 4 members (excludes halogenated alkanes) is 37. The van der Waals surface area contributed by atoms with Crippen LogP contribution in [0.15, 0.2) is 72.9 Å². The van der Waals surface area contributed by atoms with Gasteiger partial charge in [-0.05, 0) is 70.6 Å².